The van der Waals surface area contributed by atoms with Crippen molar-refractivity contribution in [1.29, 1.82) is 0 Å². The normalized spacial score (nSPS) is 17.1. The zero-order chi connectivity index (χ0) is 19.9. The number of carbonyl (C=O) groups is 1. The molecule has 3 N–H and O–H groups in total. The Morgan fingerprint density at radius 1 is 1.14 bits per heavy atom. The molecule has 148 valence electrons. The van der Waals surface area contributed by atoms with E-state index in [0.717, 1.165) is 73.7 Å². The third kappa shape index (κ3) is 3.51. The fourth-order valence-corrected chi connectivity index (χ4v) is 4.83. The smallest absolute Gasteiger partial charge is 0.305 e. The summed E-state index contributed by atoms with van der Waals surface area (Å²) >= 11 is 0. The van der Waals surface area contributed by atoms with Gasteiger partial charge >= 0.3 is 6.03 Å². The molecular weight excluding hydrogens is 386 g/mol. The van der Waals surface area contributed by atoms with Gasteiger partial charge in [-0.2, -0.15) is 0 Å². The lowest BCUT2D eigenvalue weighted by Crippen LogP contribution is -2.19. The maximum atomic E-state index is 12.7. The average molecular weight is 406 g/mol. The molecule has 0 bridgehead atoms. The molecule has 0 fully saturated rings. The van der Waals surface area contributed by atoms with Crippen LogP contribution in [0.1, 0.15) is 47.2 Å². The molecule has 0 aliphatic heterocycles. The van der Waals surface area contributed by atoms with E-state index < -0.39 is 28.1 Å². The first-order valence-electron chi connectivity index (χ1n) is 9.11. The summed E-state index contributed by atoms with van der Waals surface area (Å²) in [5.74, 6) is 0. The topological polar surface area (TPSA) is 97.4 Å². The first-order valence-corrected chi connectivity index (χ1v) is 10.7. The van der Waals surface area contributed by atoms with E-state index in [1.807, 2.05) is 0 Å². The molecule has 6 nitrogen and oxygen atoms in total. The van der Waals surface area contributed by atoms with Gasteiger partial charge in [0, 0.05) is 11.9 Å². The minimum Gasteiger partial charge on any atom is -0.305 e. The van der Waals surface area contributed by atoms with Gasteiger partial charge in [0.05, 0.1) is 4.90 Å². The number of amides is 2. The Morgan fingerprint density at radius 3 is 2.32 bits per heavy atom. The number of urea groups is 1. The van der Waals surface area contributed by atoms with Gasteiger partial charge in [0.2, 0.25) is 0 Å². The Morgan fingerprint density at radius 2 is 1.79 bits per heavy atom. The van der Waals surface area contributed by atoms with Crippen LogP contribution in [0.25, 0.3) is 0 Å². The molecule has 1 aromatic heterocycles. The highest BCUT2D eigenvalue weighted by Crippen LogP contribution is 2.38. The molecule has 2 aliphatic rings. The predicted octanol–water partition coefficient (Wildman–Crippen LogP) is 3.93. The number of nitrogens with zero attached hydrogens (tertiary/aromatic N) is 2. The third-order valence-electron chi connectivity index (χ3n) is 5.24. The first-order chi connectivity index (χ1) is 13.3. The summed E-state index contributed by atoms with van der Waals surface area (Å²) in [6.07, 6.45) is 4.03. The lowest BCUT2D eigenvalue weighted by atomic mass is 9.99. The van der Waals surface area contributed by atoms with Crippen molar-refractivity contribution in [3.63, 3.8) is 0 Å². The molecule has 0 saturated carbocycles. The molecule has 0 radical (unpaired) electrons. The summed E-state index contributed by atoms with van der Waals surface area (Å²) < 4.78 is 41.5. The highest BCUT2D eigenvalue weighted by atomic mass is 32.2. The van der Waals surface area contributed by atoms with Gasteiger partial charge in [0.1, 0.15) is 15.6 Å². The Bertz CT molecular complexity index is 1030. The standard InChI is InChI=1S/C19H20F2N4O2S/c20-18(21)16-8-7-13(10-23-16)28(22,27)25-19(26)24-17-14-5-1-3-11(14)9-12-4-2-6-15(12)17/h7-10,18H,1-6H2,(H3,22,24,25,26,27)/t28-/m0/s1. The maximum absolute atomic E-state index is 12.7. The van der Waals surface area contributed by atoms with Crippen molar-refractivity contribution in [2.45, 2.75) is 49.8 Å². The Balaban J connectivity index is 1.63. The number of rotatable bonds is 3. The second-order valence-corrected chi connectivity index (χ2v) is 8.83. The molecule has 2 aliphatic carbocycles. The number of benzene rings is 1. The van der Waals surface area contributed by atoms with Crippen molar-refractivity contribution in [3.05, 3.63) is 52.3 Å². The van der Waals surface area contributed by atoms with Crippen molar-refractivity contribution in [2.75, 3.05) is 5.32 Å². The van der Waals surface area contributed by atoms with Gasteiger partial charge in [0.25, 0.3) is 6.43 Å². The van der Waals surface area contributed by atoms with Gasteiger partial charge in [-0.05, 0) is 72.9 Å². The molecule has 2 aromatic rings. The number of nitrogens with two attached hydrogens (primary N) is 1. The fourth-order valence-electron chi connectivity index (χ4n) is 3.97. The van der Waals surface area contributed by atoms with Crippen LogP contribution in [0.5, 0.6) is 0 Å². The number of hydrogen-bond acceptors (Lipinski definition) is 3. The Hall–Kier alpha value is -2.39. The summed E-state index contributed by atoms with van der Waals surface area (Å²) in [5.41, 5.74) is 5.05. The monoisotopic (exact) mass is 406 g/mol. The average Bonchev–Trinajstić information content (AvgIpc) is 3.30. The van der Waals surface area contributed by atoms with Crippen molar-refractivity contribution in [3.8, 4) is 0 Å². The number of aryl methyl sites for hydroxylation is 2. The van der Waals surface area contributed by atoms with Gasteiger partial charge in [-0.3, -0.25) is 4.98 Å². The molecule has 4 rings (SSSR count). The minimum absolute atomic E-state index is 0.0735. The minimum atomic E-state index is -3.59. The van der Waals surface area contributed by atoms with Crippen LogP contribution in [0.3, 0.4) is 0 Å². The van der Waals surface area contributed by atoms with Crippen LogP contribution in [0.15, 0.2) is 33.7 Å². The van der Waals surface area contributed by atoms with Crippen LogP contribution in [-0.2, 0) is 35.6 Å². The molecule has 1 atom stereocenters. The van der Waals surface area contributed by atoms with Crippen molar-refractivity contribution >= 4 is 21.6 Å². The zero-order valence-electron chi connectivity index (χ0n) is 15.1. The van der Waals surface area contributed by atoms with E-state index in [2.05, 4.69) is 20.7 Å². The summed E-state index contributed by atoms with van der Waals surface area (Å²) in [6, 6.07) is 3.61. The van der Waals surface area contributed by atoms with E-state index in [1.54, 1.807) is 0 Å². The molecule has 1 aromatic carbocycles. The molecule has 0 spiro atoms. The van der Waals surface area contributed by atoms with Gasteiger partial charge in [0.15, 0.2) is 0 Å². The van der Waals surface area contributed by atoms with Crippen molar-refractivity contribution in [1.82, 2.24) is 4.98 Å². The van der Waals surface area contributed by atoms with E-state index in [9.17, 15) is 17.8 Å². The van der Waals surface area contributed by atoms with E-state index >= 15 is 0 Å². The summed E-state index contributed by atoms with van der Waals surface area (Å²) in [6.45, 7) is 0. The van der Waals surface area contributed by atoms with E-state index in [0.29, 0.717) is 0 Å². The van der Waals surface area contributed by atoms with Gasteiger partial charge < -0.3 is 5.32 Å². The molecule has 0 saturated heterocycles. The number of aromatic nitrogens is 1. The molecule has 2 amide bonds. The lowest BCUT2D eigenvalue weighted by Gasteiger charge is -2.15. The van der Waals surface area contributed by atoms with E-state index in [-0.39, 0.29) is 4.90 Å². The Kier molecular flexibility index (Phi) is 4.88. The van der Waals surface area contributed by atoms with Gasteiger partial charge in [-0.25, -0.2) is 22.9 Å². The van der Waals surface area contributed by atoms with E-state index in [4.69, 9.17) is 5.14 Å². The molecule has 1 heterocycles. The van der Waals surface area contributed by atoms with Crippen LogP contribution in [0.4, 0.5) is 19.3 Å². The highest BCUT2D eigenvalue weighted by molar-refractivity contribution is 7.91. The first kappa shape index (κ1) is 18.9. The van der Waals surface area contributed by atoms with Crippen molar-refractivity contribution in [2.24, 2.45) is 9.50 Å². The number of carbonyl (C=O) groups excluding carboxylic acids is 1. The highest BCUT2D eigenvalue weighted by Gasteiger charge is 2.25. The van der Waals surface area contributed by atoms with Crippen LogP contribution in [0.2, 0.25) is 0 Å². The quantitative estimate of drug-likeness (QED) is 0.808. The number of nitrogens with one attached hydrogen (secondary N) is 1. The summed E-state index contributed by atoms with van der Waals surface area (Å²) in [5, 5.41) is 8.51. The zero-order valence-corrected chi connectivity index (χ0v) is 15.9. The predicted molar refractivity (Wildman–Crippen MR) is 102 cm³/mol. The second-order valence-electron chi connectivity index (χ2n) is 7.04. The molecule has 28 heavy (non-hydrogen) atoms. The number of fused-ring (bicyclic) bond motifs is 2. The fraction of sp³-hybridized carbons (Fsp3) is 0.368. The SMILES string of the molecule is N[S@](=O)(=NC(=O)Nc1c2c(cc3c1CCC3)CCC2)c1ccc(C(F)F)nc1. The number of alkyl halides is 2. The molecule has 9 heteroatoms. The van der Waals surface area contributed by atoms with Crippen LogP contribution < -0.4 is 10.5 Å². The van der Waals surface area contributed by atoms with Crippen LogP contribution >= 0.6 is 0 Å². The maximum Gasteiger partial charge on any atom is 0.354 e. The number of pyridine rings is 1. The largest absolute Gasteiger partial charge is 0.354 e. The van der Waals surface area contributed by atoms with Gasteiger partial charge in [-0.15, -0.1) is 4.36 Å². The lowest BCUT2D eigenvalue weighted by molar-refractivity contribution is 0.146. The molecular formula is C19H20F2N4O2S. The van der Waals surface area contributed by atoms with Crippen LogP contribution in [0, 0.1) is 0 Å². The summed E-state index contributed by atoms with van der Waals surface area (Å²) in [4.78, 5) is 16.0. The van der Waals surface area contributed by atoms with Crippen LogP contribution in [-0.4, -0.2) is 15.2 Å². The van der Waals surface area contributed by atoms with Gasteiger partial charge in [-0.1, -0.05) is 6.07 Å². The second kappa shape index (κ2) is 7.21. The third-order valence-corrected chi connectivity index (χ3v) is 6.60. The number of anilines is 1. The molecule has 0 unspecified atom stereocenters. The summed E-state index contributed by atoms with van der Waals surface area (Å²) in [7, 11) is -3.59. The van der Waals surface area contributed by atoms with Crippen molar-refractivity contribution < 1.29 is 17.8 Å². The Labute approximate surface area is 161 Å². The number of halogens is 2. The van der Waals surface area contributed by atoms with E-state index in [1.165, 1.54) is 11.1 Å². The number of hydrogen-bond donors (Lipinski definition) is 2.